The van der Waals surface area contributed by atoms with Crippen LogP contribution >= 0.6 is 23.4 Å². The Balaban J connectivity index is 3.08. The van der Waals surface area contributed by atoms with Crippen molar-refractivity contribution in [3.63, 3.8) is 0 Å². The molecule has 1 rings (SSSR count). The van der Waals surface area contributed by atoms with Gasteiger partial charge in [0.2, 0.25) is 0 Å². The van der Waals surface area contributed by atoms with E-state index < -0.39 is 0 Å². The Kier molecular flexibility index (Phi) is 4.02. The summed E-state index contributed by atoms with van der Waals surface area (Å²) in [6.45, 7) is 5.77. The second-order valence-corrected chi connectivity index (χ2v) is 5.42. The molecule has 0 saturated carbocycles. The molecule has 14 heavy (non-hydrogen) atoms. The molecule has 1 aromatic carbocycles. The van der Waals surface area contributed by atoms with E-state index in [1.165, 1.54) is 0 Å². The predicted octanol–water partition coefficient (Wildman–Crippen LogP) is 4.04. The van der Waals surface area contributed by atoms with Gasteiger partial charge in [0.05, 0.1) is 0 Å². The van der Waals surface area contributed by atoms with Crippen molar-refractivity contribution in [2.24, 2.45) is 0 Å². The Morgan fingerprint density at radius 3 is 2.57 bits per heavy atom. The van der Waals surface area contributed by atoms with Gasteiger partial charge in [0.15, 0.2) is 5.78 Å². The minimum absolute atomic E-state index is 0.0654. The van der Waals surface area contributed by atoms with E-state index in [9.17, 15) is 4.79 Å². The molecule has 0 spiro atoms. The molecule has 0 heterocycles. The SMILES string of the molecule is CC(=O)c1cc(Cl)ccc1SC(C)C. The first-order valence-electron chi connectivity index (χ1n) is 4.48. The Hall–Kier alpha value is -0.470. The molecule has 0 atom stereocenters. The average molecular weight is 229 g/mol. The van der Waals surface area contributed by atoms with Crippen LogP contribution in [-0.2, 0) is 0 Å². The standard InChI is InChI=1S/C11H13ClOS/c1-7(2)14-11-5-4-9(12)6-10(11)8(3)13/h4-7H,1-3H3. The summed E-state index contributed by atoms with van der Waals surface area (Å²) in [7, 11) is 0. The maximum Gasteiger partial charge on any atom is 0.160 e. The van der Waals surface area contributed by atoms with Crippen LogP contribution in [0.15, 0.2) is 23.1 Å². The van der Waals surface area contributed by atoms with Crippen molar-refractivity contribution < 1.29 is 4.79 Å². The molecule has 0 N–H and O–H groups in total. The monoisotopic (exact) mass is 228 g/mol. The van der Waals surface area contributed by atoms with Crippen molar-refractivity contribution in [2.75, 3.05) is 0 Å². The summed E-state index contributed by atoms with van der Waals surface area (Å²) >= 11 is 7.52. The van der Waals surface area contributed by atoms with Gasteiger partial charge >= 0.3 is 0 Å². The lowest BCUT2D eigenvalue weighted by Gasteiger charge is -2.09. The number of halogens is 1. The molecule has 3 heteroatoms. The number of benzene rings is 1. The number of carbonyl (C=O) groups is 1. The number of ketones is 1. The van der Waals surface area contributed by atoms with Gasteiger partial charge in [-0.3, -0.25) is 4.79 Å². The normalized spacial score (nSPS) is 10.6. The van der Waals surface area contributed by atoms with Crippen LogP contribution in [0.5, 0.6) is 0 Å². The third kappa shape index (κ3) is 3.03. The molecular weight excluding hydrogens is 216 g/mol. The minimum atomic E-state index is 0.0654. The van der Waals surface area contributed by atoms with Gasteiger partial charge in [-0.15, -0.1) is 11.8 Å². The molecule has 0 aliphatic heterocycles. The number of thioether (sulfide) groups is 1. The van der Waals surface area contributed by atoms with Crippen LogP contribution in [0, 0.1) is 0 Å². The molecule has 0 aliphatic rings. The fourth-order valence-corrected chi connectivity index (χ4v) is 2.29. The summed E-state index contributed by atoms with van der Waals surface area (Å²) < 4.78 is 0. The van der Waals surface area contributed by atoms with Crippen molar-refractivity contribution in [3.05, 3.63) is 28.8 Å². The third-order valence-corrected chi connectivity index (χ3v) is 3.00. The van der Waals surface area contributed by atoms with Gasteiger partial charge in [-0.1, -0.05) is 25.4 Å². The fraction of sp³-hybridized carbons (Fsp3) is 0.364. The molecule has 0 aromatic heterocycles. The van der Waals surface area contributed by atoms with E-state index in [1.54, 1.807) is 24.8 Å². The Bertz CT molecular complexity index is 347. The zero-order chi connectivity index (χ0) is 10.7. The Morgan fingerprint density at radius 1 is 1.43 bits per heavy atom. The topological polar surface area (TPSA) is 17.1 Å². The number of carbonyl (C=O) groups excluding carboxylic acids is 1. The maximum absolute atomic E-state index is 11.3. The summed E-state index contributed by atoms with van der Waals surface area (Å²) in [4.78, 5) is 12.3. The van der Waals surface area contributed by atoms with Crippen molar-refractivity contribution in [3.8, 4) is 0 Å². The van der Waals surface area contributed by atoms with Crippen LogP contribution in [0.25, 0.3) is 0 Å². The fourth-order valence-electron chi connectivity index (χ4n) is 1.13. The van der Waals surface area contributed by atoms with Gasteiger partial charge in [-0.05, 0) is 25.1 Å². The second kappa shape index (κ2) is 4.85. The highest BCUT2D eigenvalue weighted by Gasteiger charge is 2.09. The van der Waals surface area contributed by atoms with Crippen LogP contribution in [0.4, 0.5) is 0 Å². The van der Waals surface area contributed by atoms with Gasteiger partial charge in [0.25, 0.3) is 0 Å². The van der Waals surface area contributed by atoms with E-state index in [0.717, 1.165) is 10.5 Å². The smallest absolute Gasteiger partial charge is 0.160 e. The first kappa shape index (κ1) is 11.6. The van der Waals surface area contributed by atoms with Crippen molar-refractivity contribution in [1.82, 2.24) is 0 Å². The second-order valence-electron chi connectivity index (χ2n) is 3.36. The van der Waals surface area contributed by atoms with Gasteiger partial charge in [0, 0.05) is 20.7 Å². The predicted molar refractivity (Wildman–Crippen MR) is 62.4 cm³/mol. The summed E-state index contributed by atoms with van der Waals surface area (Å²) in [6.07, 6.45) is 0. The zero-order valence-electron chi connectivity index (χ0n) is 8.50. The van der Waals surface area contributed by atoms with Crippen LogP contribution in [0.3, 0.4) is 0 Å². The van der Waals surface area contributed by atoms with E-state index in [4.69, 9.17) is 11.6 Å². The van der Waals surface area contributed by atoms with Gasteiger partial charge < -0.3 is 0 Å². The van der Waals surface area contributed by atoms with Crippen molar-refractivity contribution in [1.29, 1.82) is 0 Å². The molecule has 76 valence electrons. The summed E-state index contributed by atoms with van der Waals surface area (Å²) in [6, 6.07) is 5.46. The van der Waals surface area contributed by atoms with E-state index in [2.05, 4.69) is 13.8 Å². The van der Waals surface area contributed by atoms with Gasteiger partial charge in [-0.25, -0.2) is 0 Å². The van der Waals surface area contributed by atoms with E-state index in [1.807, 2.05) is 12.1 Å². The number of rotatable bonds is 3. The largest absolute Gasteiger partial charge is 0.294 e. The number of Topliss-reactive ketones (excluding diaryl/α,β-unsaturated/α-hetero) is 1. The van der Waals surface area contributed by atoms with Crippen LogP contribution in [-0.4, -0.2) is 11.0 Å². The third-order valence-electron chi connectivity index (χ3n) is 1.68. The van der Waals surface area contributed by atoms with Crippen molar-refractivity contribution >= 4 is 29.1 Å². The first-order valence-corrected chi connectivity index (χ1v) is 5.73. The molecule has 0 fully saturated rings. The molecule has 0 bridgehead atoms. The van der Waals surface area contributed by atoms with Gasteiger partial charge in [-0.2, -0.15) is 0 Å². The number of hydrogen-bond donors (Lipinski definition) is 0. The molecule has 0 aliphatic carbocycles. The van der Waals surface area contributed by atoms with Crippen LogP contribution in [0.1, 0.15) is 31.1 Å². The van der Waals surface area contributed by atoms with Crippen molar-refractivity contribution in [2.45, 2.75) is 30.9 Å². The average Bonchev–Trinajstić information content (AvgIpc) is 2.07. The summed E-state index contributed by atoms with van der Waals surface area (Å²) in [5, 5.41) is 1.08. The minimum Gasteiger partial charge on any atom is -0.294 e. The molecular formula is C11H13ClOS. The summed E-state index contributed by atoms with van der Waals surface area (Å²) in [5.41, 5.74) is 0.719. The number of hydrogen-bond acceptors (Lipinski definition) is 2. The molecule has 0 radical (unpaired) electrons. The highest BCUT2D eigenvalue weighted by Crippen LogP contribution is 2.29. The lowest BCUT2D eigenvalue weighted by atomic mass is 10.1. The Morgan fingerprint density at radius 2 is 2.07 bits per heavy atom. The van der Waals surface area contributed by atoms with Crippen LogP contribution < -0.4 is 0 Å². The highest BCUT2D eigenvalue weighted by molar-refractivity contribution is 8.00. The quantitative estimate of drug-likeness (QED) is 0.574. The molecule has 0 saturated heterocycles. The highest BCUT2D eigenvalue weighted by atomic mass is 35.5. The van der Waals surface area contributed by atoms with E-state index >= 15 is 0 Å². The Labute approximate surface area is 93.8 Å². The lowest BCUT2D eigenvalue weighted by Crippen LogP contribution is -1.97. The molecule has 0 amide bonds. The zero-order valence-corrected chi connectivity index (χ0v) is 10.1. The van der Waals surface area contributed by atoms with E-state index in [0.29, 0.717) is 10.3 Å². The van der Waals surface area contributed by atoms with Crippen LogP contribution in [0.2, 0.25) is 5.02 Å². The maximum atomic E-state index is 11.3. The molecule has 0 unspecified atom stereocenters. The first-order chi connectivity index (χ1) is 6.50. The van der Waals surface area contributed by atoms with E-state index in [-0.39, 0.29) is 5.78 Å². The lowest BCUT2D eigenvalue weighted by molar-refractivity contribution is 0.101. The molecule has 1 aromatic rings. The summed E-state index contributed by atoms with van der Waals surface area (Å²) in [5.74, 6) is 0.0654. The van der Waals surface area contributed by atoms with Gasteiger partial charge in [0.1, 0.15) is 0 Å². The molecule has 1 nitrogen and oxygen atoms in total.